The Morgan fingerprint density at radius 3 is 2.29 bits per heavy atom. The first kappa shape index (κ1) is 17.3. The molecule has 2 N–H and O–H groups in total. The highest BCUT2D eigenvalue weighted by molar-refractivity contribution is 5.02. The van der Waals surface area contributed by atoms with Crippen LogP contribution in [0, 0.1) is 17.8 Å². The smallest absolute Gasteiger partial charge is 0.0362 e. The molecule has 2 nitrogen and oxygen atoms in total. The van der Waals surface area contributed by atoms with Gasteiger partial charge in [0.05, 0.1) is 0 Å². The van der Waals surface area contributed by atoms with Crippen molar-refractivity contribution in [3.05, 3.63) is 0 Å². The third-order valence-electron chi connectivity index (χ3n) is 6.87. The SMILES string of the molecule is CCC1CCC(N(C)C2(CN)CCCCC2C(C)C)CC1. The van der Waals surface area contributed by atoms with Gasteiger partial charge in [0, 0.05) is 18.1 Å². The van der Waals surface area contributed by atoms with Gasteiger partial charge in [-0.15, -0.1) is 0 Å². The minimum absolute atomic E-state index is 0.274. The lowest BCUT2D eigenvalue weighted by atomic mass is 9.66. The molecule has 0 radical (unpaired) electrons. The zero-order valence-electron chi connectivity index (χ0n) is 14.9. The molecule has 2 fully saturated rings. The number of hydrogen-bond donors (Lipinski definition) is 1. The Morgan fingerprint density at radius 1 is 1.10 bits per heavy atom. The average molecular weight is 295 g/mol. The number of hydrogen-bond acceptors (Lipinski definition) is 2. The van der Waals surface area contributed by atoms with Crippen molar-refractivity contribution >= 4 is 0 Å². The van der Waals surface area contributed by atoms with Crippen LogP contribution in [0.25, 0.3) is 0 Å². The van der Waals surface area contributed by atoms with Gasteiger partial charge in [-0.3, -0.25) is 4.90 Å². The summed E-state index contributed by atoms with van der Waals surface area (Å²) in [6.45, 7) is 8.01. The minimum Gasteiger partial charge on any atom is -0.329 e. The monoisotopic (exact) mass is 294 g/mol. The van der Waals surface area contributed by atoms with Crippen molar-refractivity contribution in [2.75, 3.05) is 13.6 Å². The molecule has 0 saturated heterocycles. The van der Waals surface area contributed by atoms with Crippen LogP contribution in [0.1, 0.15) is 78.6 Å². The summed E-state index contributed by atoms with van der Waals surface area (Å²) in [6, 6.07) is 0.774. The predicted molar refractivity (Wildman–Crippen MR) is 92.4 cm³/mol. The molecule has 0 aliphatic heterocycles. The maximum atomic E-state index is 6.39. The molecule has 21 heavy (non-hydrogen) atoms. The number of likely N-dealkylation sites (N-methyl/N-ethyl adjacent to an activating group) is 1. The predicted octanol–water partition coefficient (Wildman–Crippen LogP) is 4.43. The van der Waals surface area contributed by atoms with Crippen LogP contribution in [0.2, 0.25) is 0 Å². The summed E-state index contributed by atoms with van der Waals surface area (Å²) in [7, 11) is 2.39. The van der Waals surface area contributed by atoms with Gasteiger partial charge < -0.3 is 5.73 Å². The van der Waals surface area contributed by atoms with Crippen molar-refractivity contribution < 1.29 is 0 Å². The second-order valence-electron chi connectivity index (χ2n) is 8.10. The van der Waals surface area contributed by atoms with E-state index in [1.807, 2.05) is 0 Å². The average Bonchev–Trinajstić information content (AvgIpc) is 2.54. The lowest BCUT2D eigenvalue weighted by Crippen LogP contribution is -2.62. The lowest BCUT2D eigenvalue weighted by Gasteiger charge is -2.54. The van der Waals surface area contributed by atoms with Crippen molar-refractivity contribution in [3.8, 4) is 0 Å². The number of nitrogens with zero attached hydrogens (tertiary/aromatic N) is 1. The van der Waals surface area contributed by atoms with Gasteiger partial charge in [-0.2, -0.15) is 0 Å². The van der Waals surface area contributed by atoms with E-state index in [-0.39, 0.29) is 5.54 Å². The Bertz CT molecular complexity index is 307. The molecule has 2 atom stereocenters. The molecular weight excluding hydrogens is 256 g/mol. The summed E-state index contributed by atoms with van der Waals surface area (Å²) in [5.74, 6) is 2.52. The maximum absolute atomic E-state index is 6.39. The molecule has 2 aliphatic rings. The first-order valence-corrected chi connectivity index (χ1v) is 9.48. The zero-order chi connectivity index (χ0) is 15.5. The first-order chi connectivity index (χ1) is 10.0. The number of nitrogens with two attached hydrogens (primary N) is 1. The van der Waals surface area contributed by atoms with Gasteiger partial charge in [0.1, 0.15) is 0 Å². The van der Waals surface area contributed by atoms with Gasteiger partial charge >= 0.3 is 0 Å². The van der Waals surface area contributed by atoms with Crippen molar-refractivity contribution in [3.63, 3.8) is 0 Å². The molecule has 2 rings (SSSR count). The fourth-order valence-corrected chi connectivity index (χ4v) is 5.34. The van der Waals surface area contributed by atoms with Gasteiger partial charge in [-0.1, -0.05) is 40.0 Å². The highest BCUT2D eigenvalue weighted by Gasteiger charge is 2.46. The topological polar surface area (TPSA) is 29.3 Å². The Hall–Kier alpha value is -0.0800. The molecule has 0 aromatic carbocycles. The van der Waals surface area contributed by atoms with Gasteiger partial charge in [-0.25, -0.2) is 0 Å². The quantitative estimate of drug-likeness (QED) is 0.812. The van der Waals surface area contributed by atoms with Crippen molar-refractivity contribution in [1.82, 2.24) is 4.90 Å². The van der Waals surface area contributed by atoms with E-state index in [1.54, 1.807) is 0 Å². The molecule has 2 heteroatoms. The largest absolute Gasteiger partial charge is 0.329 e. The van der Waals surface area contributed by atoms with Crippen LogP contribution in [0.5, 0.6) is 0 Å². The van der Waals surface area contributed by atoms with Crippen LogP contribution in [0.15, 0.2) is 0 Å². The highest BCUT2D eigenvalue weighted by Crippen LogP contribution is 2.44. The third-order valence-corrected chi connectivity index (χ3v) is 6.87. The maximum Gasteiger partial charge on any atom is 0.0362 e. The van der Waals surface area contributed by atoms with Crippen LogP contribution in [-0.4, -0.2) is 30.1 Å². The molecule has 2 saturated carbocycles. The van der Waals surface area contributed by atoms with E-state index in [0.717, 1.165) is 30.3 Å². The second-order valence-corrected chi connectivity index (χ2v) is 8.10. The summed E-state index contributed by atoms with van der Waals surface area (Å²) in [6.07, 6.45) is 12.5. The third kappa shape index (κ3) is 3.47. The molecule has 0 amide bonds. The fraction of sp³-hybridized carbons (Fsp3) is 1.00. The summed E-state index contributed by atoms with van der Waals surface area (Å²) < 4.78 is 0. The van der Waals surface area contributed by atoms with E-state index in [1.165, 1.54) is 57.8 Å². The lowest BCUT2D eigenvalue weighted by molar-refractivity contribution is -0.0349. The Kier molecular flexibility index (Phi) is 6.14. The van der Waals surface area contributed by atoms with Crippen LogP contribution in [-0.2, 0) is 0 Å². The summed E-state index contributed by atoms with van der Waals surface area (Å²) in [5.41, 5.74) is 6.66. The zero-order valence-corrected chi connectivity index (χ0v) is 14.9. The molecule has 0 heterocycles. The Balaban J connectivity index is 2.11. The van der Waals surface area contributed by atoms with E-state index in [4.69, 9.17) is 5.73 Å². The van der Waals surface area contributed by atoms with Crippen molar-refractivity contribution in [1.29, 1.82) is 0 Å². The van der Waals surface area contributed by atoms with Crippen LogP contribution < -0.4 is 5.73 Å². The van der Waals surface area contributed by atoms with E-state index >= 15 is 0 Å². The van der Waals surface area contributed by atoms with Crippen molar-refractivity contribution in [2.45, 2.75) is 90.1 Å². The van der Waals surface area contributed by atoms with Gasteiger partial charge in [0.15, 0.2) is 0 Å². The van der Waals surface area contributed by atoms with Crippen LogP contribution in [0.4, 0.5) is 0 Å². The second kappa shape index (κ2) is 7.46. The Morgan fingerprint density at radius 2 is 1.76 bits per heavy atom. The van der Waals surface area contributed by atoms with Gasteiger partial charge in [0.25, 0.3) is 0 Å². The van der Waals surface area contributed by atoms with E-state index in [2.05, 4.69) is 32.7 Å². The molecule has 2 aliphatic carbocycles. The standard InChI is InChI=1S/C19H38N2/c1-5-16-9-11-17(12-10-16)21(4)19(14-20)13-7-6-8-18(19)15(2)3/h15-18H,5-14,20H2,1-4H3. The van der Waals surface area contributed by atoms with Gasteiger partial charge in [0.2, 0.25) is 0 Å². The molecule has 0 bridgehead atoms. The van der Waals surface area contributed by atoms with Crippen LogP contribution in [0.3, 0.4) is 0 Å². The first-order valence-electron chi connectivity index (χ1n) is 9.48. The Labute approximate surface area is 132 Å². The van der Waals surface area contributed by atoms with Crippen LogP contribution >= 0.6 is 0 Å². The summed E-state index contributed by atoms with van der Waals surface area (Å²) >= 11 is 0. The van der Waals surface area contributed by atoms with Crippen molar-refractivity contribution in [2.24, 2.45) is 23.5 Å². The van der Waals surface area contributed by atoms with E-state index < -0.39 is 0 Å². The molecule has 2 unspecified atom stereocenters. The molecule has 0 aromatic heterocycles. The summed E-state index contributed by atoms with van der Waals surface area (Å²) in [5, 5.41) is 0. The minimum atomic E-state index is 0.274. The fourth-order valence-electron chi connectivity index (χ4n) is 5.34. The molecular formula is C19H38N2. The van der Waals surface area contributed by atoms with Gasteiger partial charge in [-0.05, 0) is 63.3 Å². The summed E-state index contributed by atoms with van der Waals surface area (Å²) in [4.78, 5) is 2.75. The molecule has 0 aromatic rings. The molecule has 124 valence electrons. The molecule has 0 spiro atoms. The highest BCUT2D eigenvalue weighted by atomic mass is 15.2. The van der Waals surface area contributed by atoms with E-state index in [0.29, 0.717) is 0 Å². The normalized spacial score (nSPS) is 38.1. The van der Waals surface area contributed by atoms with E-state index in [9.17, 15) is 0 Å². The number of rotatable bonds is 5.